The number of hydrogen-bond acceptors (Lipinski definition) is 3. The average molecular weight is 205 g/mol. The standard InChI is InChI=1S/C7H15N.C2H6O2.C2H6/c1-8-7-5-3-2-4-6-7;3-1-2-4;1-2/h7-8H,2-6H2,1H3;3-4H,1-2H2;1-2H3. The summed E-state index contributed by atoms with van der Waals surface area (Å²) in [6.07, 6.45) is 7.13. The van der Waals surface area contributed by atoms with Crippen LogP contribution in [0.25, 0.3) is 0 Å². The van der Waals surface area contributed by atoms with Gasteiger partial charge in [0.05, 0.1) is 13.2 Å². The van der Waals surface area contributed by atoms with Gasteiger partial charge in [0.15, 0.2) is 0 Å². The molecule has 0 aromatic rings. The SMILES string of the molecule is CC.CNC1CCCCC1.OCCO. The summed E-state index contributed by atoms with van der Waals surface area (Å²) >= 11 is 0. The largest absolute Gasteiger partial charge is 0.394 e. The highest BCUT2D eigenvalue weighted by Gasteiger charge is 2.09. The van der Waals surface area contributed by atoms with E-state index in [0.717, 1.165) is 6.04 Å². The van der Waals surface area contributed by atoms with Gasteiger partial charge in [-0.1, -0.05) is 33.1 Å². The summed E-state index contributed by atoms with van der Waals surface area (Å²) in [5, 5.41) is 18.6. The van der Waals surface area contributed by atoms with E-state index in [9.17, 15) is 0 Å². The molecule has 0 saturated heterocycles. The molecule has 1 rings (SSSR count). The molecule has 0 unspecified atom stereocenters. The van der Waals surface area contributed by atoms with Gasteiger partial charge < -0.3 is 15.5 Å². The first kappa shape index (κ1) is 16.3. The van der Waals surface area contributed by atoms with Crippen LogP contribution in [0.2, 0.25) is 0 Å². The highest BCUT2D eigenvalue weighted by Crippen LogP contribution is 2.16. The van der Waals surface area contributed by atoms with Gasteiger partial charge in [-0.25, -0.2) is 0 Å². The van der Waals surface area contributed by atoms with Crippen LogP contribution in [0.4, 0.5) is 0 Å². The van der Waals surface area contributed by atoms with E-state index in [2.05, 4.69) is 12.4 Å². The second kappa shape index (κ2) is 15.4. The Balaban J connectivity index is 0. The van der Waals surface area contributed by atoms with Gasteiger partial charge in [-0.3, -0.25) is 0 Å². The predicted molar refractivity (Wildman–Crippen MR) is 61.5 cm³/mol. The lowest BCUT2D eigenvalue weighted by molar-refractivity contribution is 0.186. The van der Waals surface area contributed by atoms with E-state index in [-0.39, 0.29) is 13.2 Å². The minimum absolute atomic E-state index is 0.125. The van der Waals surface area contributed by atoms with Gasteiger partial charge in [-0.05, 0) is 19.9 Å². The van der Waals surface area contributed by atoms with Crippen molar-refractivity contribution in [2.45, 2.75) is 52.0 Å². The Morgan fingerprint density at radius 2 is 1.43 bits per heavy atom. The lowest BCUT2D eigenvalue weighted by Gasteiger charge is -2.20. The van der Waals surface area contributed by atoms with Crippen molar-refractivity contribution < 1.29 is 10.2 Å². The van der Waals surface area contributed by atoms with Gasteiger partial charge in [0, 0.05) is 6.04 Å². The molecule has 0 radical (unpaired) electrons. The number of aliphatic hydroxyl groups excluding tert-OH is 2. The average Bonchev–Trinajstić information content (AvgIpc) is 2.33. The van der Waals surface area contributed by atoms with E-state index in [1.807, 2.05) is 13.8 Å². The Bertz CT molecular complexity index is 81.4. The van der Waals surface area contributed by atoms with E-state index in [1.165, 1.54) is 32.1 Å². The molecule has 14 heavy (non-hydrogen) atoms. The second-order valence-corrected chi connectivity index (χ2v) is 3.07. The Morgan fingerprint density at radius 1 is 1.00 bits per heavy atom. The Labute approximate surface area is 88.5 Å². The maximum atomic E-state index is 7.62. The van der Waals surface area contributed by atoms with Crippen molar-refractivity contribution in [1.29, 1.82) is 0 Å². The van der Waals surface area contributed by atoms with Gasteiger partial charge in [0.1, 0.15) is 0 Å². The van der Waals surface area contributed by atoms with Gasteiger partial charge in [0.2, 0.25) is 0 Å². The van der Waals surface area contributed by atoms with Crippen molar-refractivity contribution in [2.75, 3.05) is 20.3 Å². The smallest absolute Gasteiger partial charge is 0.0662 e. The van der Waals surface area contributed by atoms with Gasteiger partial charge >= 0.3 is 0 Å². The zero-order valence-corrected chi connectivity index (χ0v) is 9.92. The normalized spacial score (nSPS) is 16.1. The molecule has 3 N–H and O–H groups in total. The minimum Gasteiger partial charge on any atom is -0.394 e. The number of nitrogens with one attached hydrogen (secondary N) is 1. The first-order chi connectivity index (χ1) is 6.85. The molecule has 1 fully saturated rings. The number of hydrogen-bond donors (Lipinski definition) is 3. The van der Waals surface area contributed by atoms with E-state index >= 15 is 0 Å². The van der Waals surface area contributed by atoms with E-state index < -0.39 is 0 Å². The summed E-state index contributed by atoms with van der Waals surface area (Å²) in [5.41, 5.74) is 0. The molecule has 0 atom stereocenters. The second-order valence-electron chi connectivity index (χ2n) is 3.07. The maximum Gasteiger partial charge on any atom is 0.0662 e. The van der Waals surface area contributed by atoms with Crippen LogP contribution < -0.4 is 5.32 Å². The predicted octanol–water partition coefficient (Wildman–Crippen LogP) is 1.54. The van der Waals surface area contributed by atoms with E-state index in [4.69, 9.17) is 10.2 Å². The lowest BCUT2D eigenvalue weighted by atomic mass is 9.96. The first-order valence-electron chi connectivity index (χ1n) is 5.74. The van der Waals surface area contributed by atoms with Crippen LogP contribution in [0, 0.1) is 0 Å². The van der Waals surface area contributed by atoms with Crippen molar-refractivity contribution in [2.24, 2.45) is 0 Å². The fourth-order valence-electron chi connectivity index (χ4n) is 1.39. The van der Waals surface area contributed by atoms with E-state index in [1.54, 1.807) is 0 Å². The Hall–Kier alpha value is -0.120. The zero-order chi connectivity index (χ0) is 11.2. The van der Waals surface area contributed by atoms with Crippen molar-refractivity contribution >= 4 is 0 Å². The molecule has 0 heterocycles. The zero-order valence-electron chi connectivity index (χ0n) is 9.92. The third-order valence-electron chi connectivity index (χ3n) is 2.11. The molecule has 1 aliphatic rings. The van der Waals surface area contributed by atoms with Crippen LogP contribution >= 0.6 is 0 Å². The molecule has 88 valence electrons. The summed E-state index contributed by atoms with van der Waals surface area (Å²) in [5.74, 6) is 0. The first-order valence-corrected chi connectivity index (χ1v) is 5.74. The van der Waals surface area contributed by atoms with Crippen molar-refractivity contribution in [1.82, 2.24) is 5.32 Å². The number of aliphatic hydroxyl groups is 2. The quantitative estimate of drug-likeness (QED) is 0.641. The summed E-state index contributed by atoms with van der Waals surface area (Å²) in [6, 6.07) is 0.837. The molecule has 0 bridgehead atoms. The Morgan fingerprint density at radius 3 is 1.64 bits per heavy atom. The summed E-state index contributed by atoms with van der Waals surface area (Å²) in [4.78, 5) is 0. The molecule has 0 aliphatic heterocycles. The van der Waals surface area contributed by atoms with Crippen LogP contribution in [0.5, 0.6) is 0 Å². The lowest BCUT2D eigenvalue weighted by Crippen LogP contribution is -2.26. The molecule has 0 aromatic heterocycles. The molecule has 1 saturated carbocycles. The van der Waals surface area contributed by atoms with Crippen LogP contribution in [0.1, 0.15) is 46.0 Å². The molecule has 3 heteroatoms. The fraction of sp³-hybridized carbons (Fsp3) is 1.00. The van der Waals surface area contributed by atoms with Gasteiger partial charge in [-0.15, -0.1) is 0 Å². The van der Waals surface area contributed by atoms with Gasteiger partial charge in [-0.2, -0.15) is 0 Å². The molecule has 0 aromatic carbocycles. The molecular formula is C11H27NO2. The molecule has 1 aliphatic carbocycles. The highest BCUT2D eigenvalue weighted by molar-refractivity contribution is 4.68. The molecular weight excluding hydrogens is 178 g/mol. The van der Waals surface area contributed by atoms with Crippen molar-refractivity contribution in [3.8, 4) is 0 Å². The minimum atomic E-state index is -0.125. The molecule has 0 amide bonds. The van der Waals surface area contributed by atoms with Crippen LogP contribution in [-0.2, 0) is 0 Å². The van der Waals surface area contributed by atoms with Crippen LogP contribution in [0.15, 0.2) is 0 Å². The maximum absolute atomic E-state index is 7.62. The van der Waals surface area contributed by atoms with Crippen molar-refractivity contribution in [3.05, 3.63) is 0 Å². The van der Waals surface area contributed by atoms with Crippen molar-refractivity contribution in [3.63, 3.8) is 0 Å². The number of rotatable bonds is 2. The Kier molecular flexibility index (Phi) is 17.9. The van der Waals surface area contributed by atoms with Crippen LogP contribution in [0.3, 0.4) is 0 Å². The summed E-state index contributed by atoms with van der Waals surface area (Å²) in [6.45, 7) is 3.75. The van der Waals surface area contributed by atoms with E-state index in [0.29, 0.717) is 0 Å². The monoisotopic (exact) mass is 205 g/mol. The molecule has 3 nitrogen and oxygen atoms in total. The summed E-state index contributed by atoms with van der Waals surface area (Å²) in [7, 11) is 2.07. The third-order valence-corrected chi connectivity index (χ3v) is 2.11. The van der Waals surface area contributed by atoms with Gasteiger partial charge in [0.25, 0.3) is 0 Å². The van der Waals surface area contributed by atoms with Crippen LogP contribution in [-0.4, -0.2) is 36.5 Å². The fourth-order valence-corrected chi connectivity index (χ4v) is 1.39. The topological polar surface area (TPSA) is 52.5 Å². The summed E-state index contributed by atoms with van der Waals surface area (Å²) < 4.78 is 0. The third kappa shape index (κ3) is 11.9. The molecule has 0 spiro atoms. The highest BCUT2D eigenvalue weighted by atomic mass is 16.3.